The third-order valence-electron chi connectivity index (χ3n) is 4.92. The first kappa shape index (κ1) is 18.5. The zero-order valence-electron chi connectivity index (χ0n) is 14.6. The quantitative estimate of drug-likeness (QED) is 0.548. The molecule has 0 N–H and O–H groups in total. The predicted octanol–water partition coefficient (Wildman–Crippen LogP) is 3.83. The van der Waals surface area contributed by atoms with Gasteiger partial charge >= 0.3 is 11.9 Å². The second-order valence-electron chi connectivity index (χ2n) is 6.78. The van der Waals surface area contributed by atoms with Gasteiger partial charge in [-0.05, 0) is 49.7 Å². The van der Waals surface area contributed by atoms with Crippen LogP contribution >= 0.6 is 0 Å². The van der Waals surface area contributed by atoms with Crippen molar-refractivity contribution in [2.75, 3.05) is 13.2 Å². The Morgan fingerprint density at radius 2 is 1.17 bits per heavy atom. The Kier molecular flexibility index (Phi) is 7.29. The molecule has 132 valence electrons. The van der Waals surface area contributed by atoms with Gasteiger partial charge in [-0.15, -0.1) is 0 Å². The normalized spacial score (nSPS) is 29.6. The van der Waals surface area contributed by atoms with Crippen LogP contribution < -0.4 is 0 Å². The fraction of sp³-hybridized carbons (Fsp3) is 0.600. The molecule has 0 saturated carbocycles. The fourth-order valence-corrected chi connectivity index (χ4v) is 3.17. The van der Waals surface area contributed by atoms with Gasteiger partial charge in [0.1, 0.15) is 13.2 Å². The minimum atomic E-state index is -0.142. The van der Waals surface area contributed by atoms with E-state index in [0.717, 1.165) is 25.7 Å². The number of hydrogen-bond donors (Lipinski definition) is 0. The van der Waals surface area contributed by atoms with E-state index in [2.05, 4.69) is 26.0 Å². The van der Waals surface area contributed by atoms with Gasteiger partial charge in [0.25, 0.3) is 0 Å². The highest BCUT2D eigenvalue weighted by Gasteiger charge is 2.27. The van der Waals surface area contributed by atoms with Crippen LogP contribution in [-0.4, -0.2) is 25.2 Å². The molecule has 0 amide bonds. The van der Waals surface area contributed by atoms with Gasteiger partial charge < -0.3 is 9.47 Å². The lowest BCUT2D eigenvalue weighted by molar-refractivity contribution is -0.150. The maximum Gasteiger partial charge on any atom is 0.309 e. The summed E-state index contributed by atoms with van der Waals surface area (Å²) in [7, 11) is 0. The zero-order chi connectivity index (χ0) is 17.4. The maximum absolute atomic E-state index is 12.0. The Hall–Kier alpha value is -1.84. The topological polar surface area (TPSA) is 52.6 Å². The van der Waals surface area contributed by atoms with Crippen LogP contribution in [-0.2, 0) is 19.1 Å². The minimum absolute atomic E-state index is 0.0397. The molecule has 0 radical (unpaired) electrons. The van der Waals surface area contributed by atoms with Crippen molar-refractivity contribution in [1.29, 1.82) is 0 Å². The molecular formula is C20H28O4. The standard InChI is InChI=1S/C20H28O4/c1-15-9-3-5-11-17(15)19(21)23-13-7-8-14-24-20(22)18-12-6-4-10-16(18)2/h3-8,15-18H,9-14H2,1-2H3/b8-7-/t15-,16-,17-,18+/m0/s1. The van der Waals surface area contributed by atoms with Crippen LogP contribution in [0.2, 0.25) is 0 Å². The van der Waals surface area contributed by atoms with Crippen LogP contribution in [0.3, 0.4) is 0 Å². The largest absolute Gasteiger partial charge is 0.461 e. The Morgan fingerprint density at radius 1 is 0.792 bits per heavy atom. The van der Waals surface area contributed by atoms with Gasteiger partial charge in [-0.1, -0.05) is 38.2 Å². The third-order valence-corrected chi connectivity index (χ3v) is 4.92. The number of carbonyl (C=O) groups is 2. The Balaban J connectivity index is 1.62. The molecule has 4 nitrogen and oxygen atoms in total. The van der Waals surface area contributed by atoms with E-state index in [9.17, 15) is 9.59 Å². The fourth-order valence-electron chi connectivity index (χ4n) is 3.17. The molecule has 0 saturated heterocycles. The van der Waals surface area contributed by atoms with Crippen LogP contribution in [0.4, 0.5) is 0 Å². The van der Waals surface area contributed by atoms with Crippen molar-refractivity contribution in [2.24, 2.45) is 23.7 Å². The van der Waals surface area contributed by atoms with Crippen molar-refractivity contribution < 1.29 is 19.1 Å². The SMILES string of the molecule is C[C@H]1CC=CC[C@@H]1C(=O)OC/C=C\COC(=O)[C@@H]1CC=CC[C@@H]1C. The Morgan fingerprint density at radius 3 is 1.54 bits per heavy atom. The summed E-state index contributed by atoms with van der Waals surface area (Å²) in [6.07, 6.45) is 15.2. The molecule has 24 heavy (non-hydrogen) atoms. The zero-order valence-corrected chi connectivity index (χ0v) is 14.6. The summed E-state index contributed by atoms with van der Waals surface area (Å²) in [5.41, 5.74) is 0. The van der Waals surface area contributed by atoms with Crippen molar-refractivity contribution in [3.8, 4) is 0 Å². The summed E-state index contributed by atoms with van der Waals surface area (Å²) in [6.45, 7) is 4.61. The lowest BCUT2D eigenvalue weighted by Gasteiger charge is -2.23. The van der Waals surface area contributed by atoms with Gasteiger partial charge in [-0.2, -0.15) is 0 Å². The van der Waals surface area contributed by atoms with Gasteiger partial charge in [0.15, 0.2) is 0 Å². The summed E-state index contributed by atoms with van der Waals surface area (Å²) >= 11 is 0. The molecule has 0 heterocycles. The molecule has 4 atom stereocenters. The number of allylic oxidation sites excluding steroid dienone is 4. The molecule has 4 heteroatoms. The first-order valence-electron chi connectivity index (χ1n) is 8.88. The Bertz CT molecular complexity index is 472. The average molecular weight is 332 g/mol. The van der Waals surface area contributed by atoms with Crippen molar-refractivity contribution in [3.63, 3.8) is 0 Å². The van der Waals surface area contributed by atoms with Gasteiger partial charge in [0.2, 0.25) is 0 Å². The summed E-state index contributed by atoms with van der Waals surface area (Å²) in [4.78, 5) is 24.0. The van der Waals surface area contributed by atoms with Gasteiger partial charge in [-0.25, -0.2) is 0 Å². The third kappa shape index (κ3) is 5.36. The minimum Gasteiger partial charge on any atom is -0.461 e. The maximum atomic E-state index is 12.0. The molecule has 0 aromatic carbocycles. The molecular weight excluding hydrogens is 304 g/mol. The van der Waals surface area contributed by atoms with E-state index in [0.29, 0.717) is 11.8 Å². The van der Waals surface area contributed by atoms with Gasteiger partial charge in [0, 0.05) is 0 Å². The molecule has 2 rings (SSSR count). The van der Waals surface area contributed by atoms with E-state index in [4.69, 9.17) is 9.47 Å². The van der Waals surface area contributed by atoms with Crippen molar-refractivity contribution in [2.45, 2.75) is 39.5 Å². The Labute approximate surface area is 144 Å². The van der Waals surface area contributed by atoms with E-state index in [1.807, 2.05) is 12.2 Å². The van der Waals surface area contributed by atoms with E-state index in [-0.39, 0.29) is 37.0 Å². The highest BCUT2D eigenvalue weighted by molar-refractivity contribution is 5.73. The first-order chi connectivity index (χ1) is 11.6. The highest BCUT2D eigenvalue weighted by Crippen LogP contribution is 2.26. The van der Waals surface area contributed by atoms with Crippen LogP contribution in [0.1, 0.15) is 39.5 Å². The van der Waals surface area contributed by atoms with Crippen LogP contribution in [0.5, 0.6) is 0 Å². The van der Waals surface area contributed by atoms with Crippen molar-refractivity contribution in [1.82, 2.24) is 0 Å². The summed E-state index contributed by atoms with van der Waals surface area (Å²) in [5.74, 6) is 0.301. The summed E-state index contributed by atoms with van der Waals surface area (Å²) in [5, 5.41) is 0. The molecule has 0 bridgehead atoms. The second-order valence-corrected chi connectivity index (χ2v) is 6.78. The molecule has 2 aliphatic rings. The molecule has 0 unspecified atom stereocenters. The lowest BCUT2D eigenvalue weighted by atomic mass is 9.84. The predicted molar refractivity (Wildman–Crippen MR) is 93.1 cm³/mol. The van der Waals surface area contributed by atoms with Crippen molar-refractivity contribution in [3.05, 3.63) is 36.5 Å². The van der Waals surface area contributed by atoms with E-state index >= 15 is 0 Å². The van der Waals surface area contributed by atoms with Gasteiger partial charge in [0.05, 0.1) is 11.8 Å². The lowest BCUT2D eigenvalue weighted by Crippen LogP contribution is -2.25. The summed E-state index contributed by atoms with van der Waals surface area (Å²) < 4.78 is 10.6. The molecule has 0 aliphatic heterocycles. The number of esters is 2. The van der Waals surface area contributed by atoms with E-state index < -0.39 is 0 Å². The van der Waals surface area contributed by atoms with Gasteiger partial charge in [-0.3, -0.25) is 9.59 Å². The molecule has 0 spiro atoms. The number of rotatable bonds is 6. The van der Waals surface area contributed by atoms with E-state index in [1.54, 1.807) is 12.2 Å². The van der Waals surface area contributed by atoms with Crippen LogP contribution in [0, 0.1) is 23.7 Å². The number of carbonyl (C=O) groups excluding carboxylic acids is 2. The number of ether oxygens (including phenoxy) is 2. The number of hydrogen-bond acceptors (Lipinski definition) is 4. The molecule has 0 aromatic heterocycles. The van der Waals surface area contributed by atoms with Crippen molar-refractivity contribution >= 4 is 11.9 Å². The van der Waals surface area contributed by atoms with Crippen LogP contribution in [0.25, 0.3) is 0 Å². The monoisotopic (exact) mass is 332 g/mol. The van der Waals surface area contributed by atoms with Crippen LogP contribution in [0.15, 0.2) is 36.5 Å². The highest BCUT2D eigenvalue weighted by atomic mass is 16.5. The second kappa shape index (κ2) is 9.45. The average Bonchev–Trinajstić information content (AvgIpc) is 2.58. The van der Waals surface area contributed by atoms with E-state index in [1.165, 1.54) is 0 Å². The summed E-state index contributed by atoms with van der Waals surface area (Å²) in [6, 6.07) is 0. The first-order valence-corrected chi connectivity index (χ1v) is 8.88. The molecule has 2 aliphatic carbocycles. The molecule has 0 fully saturated rings. The smallest absolute Gasteiger partial charge is 0.309 e. The molecule has 0 aromatic rings.